The lowest BCUT2D eigenvalue weighted by Crippen LogP contribution is -2.20. The number of hydrogen-bond donors (Lipinski definition) is 1. The zero-order valence-corrected chi connectivity index (χ0v) is 14.1. The normalized spacial score (nSPS) is 15.8. The summed E-state index contributed by atoms with van der Waals surface area (Å²) in [5, 5.41) is 1.79. The van der Waals surface area contributed by atoms with Crippen LogP contribution in [0.4, 0.5) is 5.69 Å². The van der Waals surface area contributed by atoms with Crippen LogP contribution in [0.25, 0.3) is 10.9 Å². The third kappa shape index (κ3) is 2.81. The summed E-state index contributed by atoms with van der Waals surface area (Å²) < 4.78 is 24.1. The summed E-state index contributed by atoms with van der Waals surface area (Å²) in [4.78, 5) is 5.57. The van der Waals surface area contributed by atoms with Crippen LogP contribution >= 0.6 is 7.60 Å². The van der Waals surface area contributed by atoms with E-state index in [1.54, 1.807) is 0 Å². The zero-order chi connectivity index (χ0) is 15.6. The van der Waals surface area contributed by atoms with Gasteiger partial charge < -0.3 is 18.9 Å². The van der Waals surface area contributed by atoms with Crippen molar-refractivity contribution in [2.75, 3.05) is 31.2 Å². The van der Waals surface area contributed by atoms with E-state index in [2.05, 4.69) is 16.0 Å². The van der Waals surface area contributed by atoms with Gasteiger partial charge in [-0.05, 0) is 44.9 Å². The van der Waals surface area contributed by atoms with E-state index in [0.717, 1.165) is 29.7 Å². The van der Waals surface area contributed by atoms with Crippen LogP contribution in [-0.4, -0.2) is 31.3 Å². The third-order valence-electron chi connectivity index (χ3n) is 3.99. The topological polar surface area (TPSA) is 54.6 Å². The van der Waals surface area contributed by atoms with Gasteiger partial charge in [0.25, 0.3) is 0 Å². The molecule has 1 aromatic heterocycles. The average molecular weight is 322 g/mol. The number of nitrogens with one attached hydrogen (secondary N) is 1. The Bertz CT molecular complexity index is 682. The van der Waals surface area contributed by atoms with E-state index in [1.165, 1.54) is 12.8 Å². The number of nitrogens with zero attached hydrogens (tertiary/aromatic N) is 1. The van der Waals surface area contributed by atoms with Gasteiger partial charge >= 0.3 is 7.60 Å². The molecule has 1 fully saturated rings. The second-order valence-corrected chi connectivity index (χ2v) is 7.46. The van der Waals surface area contributed by atoms with Crippen molar-refractivity contribution < 1.29 is 13.6 Å². The van der Waals surface area contributed by atoms with Crippen LogP contribution in [0.2, 0.25) is 0 Å². The number of rotatable bonds is 6. The van der Waals surface area contributed by atoms with E-state index < -0.39 is 7.60 Å². The van der Waals surface area contributed by atoms with Crippen molar-refractivity contribution in [2.45, 2.75) is 26.7 Å². The predicted octanol–water partition coefficient (Wildman–Crippen LogP) is 3.66. The third-order valence-corrected chi connectivity index (χ3v) is 6.08. The highest BCUT2D eigenvalue weighted by atomic mass is 31.2. The van der Waals surface area contributed by atoms with Gasteiger partial charge in [0.15, 0.2) is 0 Å². The monoisotopic (exact) mass is 322 g/mol. The van der Waals surface area contributed by atoms with E-state index in [0.29, 0.717) is 18.5 Å². The summed E-state index contributed by atoms with van der Waals surface area (Å²) in [5.41, 5.74) is 2.09. The van der Waals surface area contributed by atoms with Gasteiger partial charge in [0.05, 0.1) is 18.5 Å². The maximum absolute atomic E-state index is 13.1. The second kappa shape index (κ2) is 6.45. The fourth-order valence-corrected chi connectivity index (χ4v) is 4.66. The quantitative estimate of drug-likeness (QED) is 0.825. The van der Waals surface area contributed by atoms with Crippen LogP contribution < -0.4 is 10.2 Å². The predicted molar refractivity (Wildman–Crippen MR) is 90.2 cm³/mol. The van der Waals surface area contributed by atoms with Gasteiger partial charge in [-0.1, -0.05) is 0 Å². The minimum atomic E-state index is -3.27. The van der Waals surface area contributed by atoms with Crippen molar-refractivity contribution in [3.63, 3.8) is 0 Å². The van der Waals surface area contributed by atoms with E-state index >= 15 is 0 Å². The van der Waals surface area contributed by atoms with Gasteiger partial charge in [-0.25, -0.2) is 0 Å². The van der Waals surface area contributed by atoms with Gasteiger partial charge in [-0.2, -0.15) is 0 Å². The molecule has 22 heavy (non-hydrogen) atoms. The number of benzene rings is 1. The van der Waals surface area contributed by atoms with Crippen molar-refractivity contribution in [2.24, 2.45) is 0 Å². The lowest BCUT2D eigenvalue weighted by molar-refractivity contribution is 0.230. The Balaban J connectivity index is 2.11. The number of aromatic nitrogens is 1. The molecular weight excluding hydrogens is 299 g/mol. The number of anilines is 1. The average Bonchev–Trinajstić information content (AvgIpc) is 3.18. The highest BCUT2D eigenvalue weighted by Gasteiger charge is 2.29. The van der Waals surface area contributed by atoms with E-state index in [4.69, 9.17) is 9.05 Å². The highest BCUT2D eigenvalue weighted by Crippen LogP contribution is 2.48. The molecule has 120 valence electrons. The molecule has 6 heteroatoms. The maximum Gasteiger partial charge on any atom is 0.361 e. The molecule has 3 rings (SSSR count). The summed E-state index contributed by atoms with van der Waals surface area (Å²) in [6.07, 6.45) is 4.32. The van der Waals surface area contributed by atoms with Gasteiger partial charge in [-0.3, -0.25) is 4.57 Å². The number of aromatic amines is 1. The van der Waals surface area contributed by atoms with Crippen LogP contribution in [0.15, 0.2) is 24.4 Å². The Kier molecular flexibility index (Phi) is 4.57. The van der Waals surface area contributed by atoms with E-state index in [-0.39, 0.29) is 0 Å². The minimum Gasteiger partial charge on any atom is -0.371 e. The van der Waals surface area contributed by atoms with E-state index in [9.17, 15) is 4.57 Å². The maximum atomic E-state index is 13.1. The molecule has 0 atom stereocenters. The molecule has 0 radical (unpaired) electrons. The molecule has 1 aliphatic rings. The number of hydrogen-bond acceptors (Lipinski definition) is 4. The van der Waals surface area contributed by atoms with Crippen molar-refractivity contribution in [1.29, 1.82) is 0 Å². The highest BCUT2D eigenvalue weighted by molar-refractivity contribution is 7.62. The Morgan fingerprint density at radius 3 is 2.50 bits per heavy atom. The largest absolute Gasteiger partial charge is 0.371 e. The Morgan fingerprint density at radius 1 is 1.18 bits per heavy atom. The van der Waals surface area contributed by atoms with Gasteiger partial charge in [0.1, 0.15) is 0 Å². The molecule has 0 spiro atoms. The first kappa shape index (κ1) is 15.6. The van der Waals surface area contributed by atoms with Crippen molar-refractivity contribution in [3.05, 3.63) is 24.4 Å². The molecule has 0 bridgehead atoms. The van der Waals surface area contributed by atoms with Crippen LogP contribution in [0.1, 0.15) is 26.7 Å². The second-order valence-electron chi connectivity index (χ2n) is 5.43. The summed E-state index contributed by atoms with van der Waals surface area (Å²) in [6, 6.07) is 5.94. The van der Waals surface area contributed by atoms with Gasteiger partial charge in [0.2, 0.25) is 0 Å². The first-order chi connectivity index (χ1) is 10.7. The van der Waals surface area contributed by atoms with Crippen molar-refractivity contribution in [3.8, 4) is 0 Å². The number of H-pyrrole nitrogens is 1. The Hall–Kier alpha value is -1.29. The van der Waals surface area contributed by atoms with Crippen molar-refractivity contribution in [1.82, 2.24) is 4.98 Å². The van der Waals surface area contributed by atoms with Crippen LogP contribution in [-0.2, 0) is 13.6 Å². The smallest absolute Gasteiger partial charge is 0.361 e. The molecule has 0 unspecified atom stereocenters. The van der Waals surface area contributed by atoms with Gasteiger partial charge in [0, 0.05) is 35.9 Å². The summed E-state index contributed by atoms with van der Waals surface area (Å²) in [5.74, 6) is 0. The molecule has 0 saturated carbocycles. The molecule has 5 nitrogen and oxygen atoms in total. The summed E-state index contributed by atoms with van der Waals surface area (Å²) >= 11 is 0. The Labute approximate surface area is 131 Å². The molecule has 1 aliphatic heterocycles. The molecule has 2 aromatic rings. The lowest BCUT2D eigenvalue weighted by Gasteiger charge is -2.22. The van der Waals surface area contributed by atoms with Crippen molar-refractivity contribution >= 4 is 29.5 Å². The first-order valence-electron chi connectivity index (χ1n) is 7.93. The summed E-state index contributed by atoms with van der Waals surface area (Å²) in [6.45, 7) is 6.47. The molecular formula is C16H23N2O3P. The summed E-state index contributed by atoms with van der Waals surface area (Å²) in [7, 11) is -3.27. The SMILES string of the molecule is CCOP(=O)(OCC)c1cc(N2CCCC2)c2cc[nH]c2c1. The standard InChI is InChI=1S/C16H23N2O3P/c1-3-20-22(19,21-4-2)13-11-15-14(7-8-17-15)16(12-13)18-9-5-6-10-18/h7-8,11-12,17H,3-6,9-10H2,1-2H3. The fourth-order valence-electron chi connectivity index (χ4n) is 3.04. The van der Waals surface area contributed by atoms with Crippen LogP contribution in [0, 0.1) is 0 Å². The molecule has 2 heterocycles. The molecule has 0 aliphatic carbocycles. The lowest BCUT2D eigenvalue weighted by atomic mass is 10.2. The number of fused-ring (bicyclic) bond motifs is 1. The molecule has 0 amide bonds. The first-order valence-corrected chi connectivity index (χ1v) is 9.48. The fraction of sp³-hybridized carbons (Fsp3) is 0.500. The Morgan fingerprint density at radius 2 is 1.86 bits per heavy atom. The van der Waals surface area contributed by atoms with E-state index in [1.807, 2.05) is 32.2 Å². The van der Waals surface area contributed by atoms with Gasteiger partial charge in [-0.15, -0.1) is 0 Å². The molecule has 1 aromatic carbocycles. The molecule has 1 N–H and O–H groups in total. The zero-order valence-electron chi connectivity index (χ0n) is 13.2. The molecule has 1 saturated heterocycles. The van der Waals surface area contributed by atoms with Crippen LogP contribution in [0.5, 0.6) is 0 Å². The van der Waals surface area contributed by atoms with Crippen LogP contribution in [0.3, 0.4) is 0 Å². The minimum absolute atomic E-state index is 0.360.